The molecule has 14 heavy (non-hydrogen) atoms. The molecule has 0 bridgehead atoms. The molecule has 1 unspecified atom stereocenters. The number of anilines is 1. The fourth-order valence-electron chi connectivity index (χ4n) is 1.78. The predicted octanol–water partition coefficient (Wildman–Crippen LogP) is 3.64. The normalized spacial score (nSPS) is 12.7. The van der Waals surface area contributed by atoms with Crippen molar-refractivity contribution < 1.29 is 0 Å². The van der Waals surface area contributed by atoms with Crippen LogP contribution in [0.3, 0.4) is 0 Å². The molecule has 0 saturated heterocycles. The molecule has 0 saturated carbocycles. The summed E-state index contributed by atoms with van der Waals surface area (Å²) in [6.07, 6.45) is 5.11. The molecule has 1 aromatic carbocycles. The summed E-state index contributed by atoms with van der Waals surface area (Å²) in [6, 6.07) is 8.23. The van der Waals surface area contributed by atoms with Crippen LogP contribution in [-0.2, 0) is 6.42 Å². The maximum absolute atomic E-state index is 5.73. The van der Waals surface area contributed by atoms with Crippen molar-refractivity contribution in [2.24, 2.45) is 5.92 Å². The van der Waals surface area contributed by atoms with Crippen molar-refractivity contribution in [2.75, 3.05) is 5.73 Å². The van der Waals surface area contributed by atoms with Crippen molar-refractivity contribution in [3.05, 3.63) is 29.8 Å². The average Bonchev–Trinajstić information content (AvgIpc) is 2.15. The summed E-state index contributed by atoms with van der Waals surface area (Å²) in [4.78, 5) is 0. The summed E-state index contributed by atoms with van der Waals surface area (Å²) >= 11 is 0. The first-order valence-corrected chi connectivity index (χ1v) is 5.56. The Labute approximate surface area is 87.3 Å². The van der Waals surface area contributed by atoms with Crippen LogP contribution in [0.4, 0.5) is 5.69 Å². The van der Waals surface area contributed by atoms with E-state index in [1.807, 2.05) is 12.1 Å². The molecule has 1 nitrogen and oxygen atoms in total. The lowest BCUT2D eigenvalue weighted by Gasteiger charge is -2.10. The zero-order valence-corrected chi connectivity index (χ0v) is 9.29. The van der Waals surface area contributed by atoms with Crippen molar-refractivity contribution in [2.45, 2.75) is 39.5 Å². The first kappa shape index (κ1) is 11.1. The highest BCUT2D eigenvalue weighted by Gasteiger charge is 2.02. The third-order valence-corrected chi connectivity index (χ3v) is 2.59. The third-order valence-electron chi connectivity index (χ3n) is 2.59. The molecule has 0 fully saturated rings. The number of hydrogen-bond acceptors (Lipinski definition) is 1. The SMILES string of the molecule is CCCCC(C)Cc1cccc(N)c1. The molecule has 1 heteroatoms. The quantitative estimate of drug-likeness (QED) is 0.706. The van der Waals surface area contributed by atoms with Gasteiger partial charge in [0.2, 0.25) is 0 Å². The van der Waals surface area contributed by atoms with E-state index < -0.39 is 0 Å². The van der Waals surface area contributed by atoms with Gasteiger partial charge in [0.05, 0.1) is 0 Å². The minimum atomic E-state index is 0.775. The van der Waals surface area contributed by atoms with Crippen LogP contribution in [0.2, 0.25) is 0 Å². The number of benzene rings is 1. The Bertz CT molecular complexity index is 268. The van der Waals surface area contributed by atoms with Crippen LogP contribution in [0.25, 0.3) is 0 Å². The molecule has 0 aliphatic heterocycles. The number of unbranched alkanes of at least 4 members (excludes halogenated alkanes) is 1. The van der Waals surface area contributed by atoms with Crippen LogP contribution in [0.5, 0.6) is 0 Å². The van der Waals surface area contributed by atoms with E-state index in [2.05, 4.69) is 26.0 Å². The van der Waals surface area contributed by atoms with Gasteiger partial charge in [-0.1, -0.05) is 45.2 Å². The molecule has 0 aliphatic rings. The summed E-state index contributed by atoms with van der Waals surface area (Å²) in [6.45, 7) is 4.56. The lowest BCUT2D eigenvalue weighted by atomic mass is 9.96. The van der Waals surface area contributed by atoms with E-state index in [-0.39, 0.29) is 0 Å². The standard InChI is InChI=1S/C13H21N/c1-3-4-6-11(2)9-12-7-5-8-13(14)10-12/h5,7-8,10-11H,3-4,6,9,14H2,1-2H3. The van der Waals surface area contributed by atoms with E-state index in [9.17, 15) is 0 Å². The largest absolute Gasteiger partial charge is 0.399 e. The molecule has 1 atom stereocenters. The maximum atomic E-state index is 5.73. The minimum Gasteiger partial charge on any atom is -0.399 e. The lowest BCUT2D eigenvalue weighted by molar-refractivity contribution is 0.504. The summed E-state index contributed by atoms with van der Waals surface area (Å²) in [5, 5.41) is 0. The van der Waals surface area contributed by atoms with Crippen LogP contribution in [0.15, 0.2) is 24.3 Å². The van der Waals surface area contributed by atoms with E-state index in [0.29, 0.717) is 0 Å². The van der Waals surface area contributed by atoms with Gasteiger partial charge in [-0.2, -0.15) is 0 Å². The highest BCUT2D eigenvalue weighted by atomic mass is 14.5. The fourth-order valence-corrected chi connectivity index (χ4v) is 1.78. The van der Waals surface area contributed by atoms with Gasteiger partial charge in [0, 0.05) is 5.69 Å². The molecule has 0 heterocycles. The van der Waals surface area contributed by atoms with Crippen molar-refractivity contribution in [1.82, 2.24) is 0 Å². The molecule has 1 rings (SSSR count). The second-order valence-electron chi connectivity index (χ2n) is 4.20. The number of hydrogen-bond donors (Lipinski definition) is 1. The Morgan fingerprint density at radius 3 is 2.79 bits per heavy atom. The number of nitrogen functional groups attached to an aromatic ring is 1. The second-order valence-corrected chi connectivity index (χ2v) is 4.20. The Kier molecular flexibility index (Phi) is 4.51. The molecule has 0 amide bonds. The maximum Gasteiger partial charge on any atom is 0.0316 e. The molecule has 78 valence electrons. The topological polar surface area (TPSA) is 26.0 Å². The van der Waals surface area contributed by atoms with Crippen molar-refractivity contribution in [3.8, 4) is 0 Å². The highest BCUT2D eigenvalue weighted by Crippen LogP contribution is 2.16. The van der Waals surface area contributed by atoms with E-state index in [4.69, 9.17) is 5.73 Å². The molecule has 0 radical (unpaired) electrons. The molecule has 0 spiro atoms. The van der Waals surface area contributed by atoms with E-state index >= 15 is 0 Å². The Morgan fingerprint density at radius 1 is 1.36 bits per heavy atom. The van der Waals surface area contributed by atoms with Crippen molar-refractivity contribution >= 4 is 5.69 Å². The molecule has 0 aromatic heterocycles. The van der Waals surface area contributed by atoms with Crippen LogP contribution in [-0.4, -0.2) is 0 Å². The lowest BCUT2D eigenvalue weighted by Crippen LogP contribution is -2.00. The number of rotatable bonds is 5. The van der Waals surface area contributed by atoms with Gasteiger partial charge < -0.3 is 5.73 Å². The van der Waals surface area contributed by atoms with Crippen LogP contribution < -0.4 is 5.73 Å². The van der Waals surface area contributed by atoms with E-state index in [1.165, 1.54) is 24.8 Å². The first-order chi connectivity index (χ1) is 6.72. The highest BCUT2D eigenvalue weighted by molar-refractivity contribution is 5.40. The smallest absolute Gasteiger partial charge is 0.0316 e. The van der Waals surface area contributed by atoms with Gasteiger partial charge >= 0.3 is 0 Å². The Morgan fingerprint density at radius 2 is 2.14 bits per heavy atom. The third kappa shape index (κ3) is 3.82. The van der Waals surface area contributed by atoms with E-state index in [0.717, 1.165) is 18.0 Å². The minimum absolute atomic E-state index is 0.775. The molecular weight excluding hydrogens is 170 g/mol. The summed E-state index contributed by atoms with van der Waals surface area (Å²) in [7, 11) is 0. The van der Waals surface area contributed by atoms with E-state index in [1.54, 1.807) is 0 Å². The van der Waals surface area contributed by atoms with Gasteiger partial charge in [-0.05, 0) is 30.0 Å². The summed E-state index contributed by atoms with van der Waals surface area (Å²) in [5.74, 6) is 0.775. The Balaban J connectivity index is 2.43. The molecule has 1 aromatic rings. The second kappa shape index (κ2) is 5.69. The number of nitrogens with two attached hydrogens (primary N) is 1. The van der Waals surface area contributed by atoms with Gasteiger partial charge in [-0.25, -0.2) is 0 Å². The zero-order valence-electron chi connectivity index (χ0n) is 9.29. The fraction of sp³-hybridized carbons (Fsp3) is 0.538. The Hall–Kier alpha value is -0.980. The van der Waals surface area contributed by atoms with Crippen LogP contribution in [0, 0.1) is 5.92 Å². The molecular formula is C13H21N. The van der Waals surface area contributed by atoms with Gasteiger partial charge in [-0.3, -0.25) is 0 Å². The summed E-state index contributed by atoms with van der Waals surface area (Å²) in [5.41, 5.74) is 7.98. The average molecular weight is 191 g/mol. The van der Waals surface area contributed by atoms with Crippen molar-refractivity contribution in [3.63, 3.8) is 0 Å². The van der Waals surface area contributed by atoms with Gasteiger partial charge in [-0.15, -0.1) is 0 Å². The van der Waals surface area contributed by atoms with Crippen molar-refractivity contribution in [1.29, 1.82) is 0 Å². The first-order valence-electron chi connectivity index (χ1n) is 5.56. The zero-order chi connectivity index (χ0) is 10.4. The van der Waals surface area contributed by atoms with Gasteiger partial charge in [0.25, 0.3) is 0 Å². The molecule has 2 N–H and O–H groups in total. The molecule has 0 aliphatic carbocycles. The monoisotopic (exact) mass is 191 g/mol. The summed E-state index contributed by atoms with van der Waals surface area (Å²) < 4.78 is 0. The van der Waals surface area contributed by atoms with Gasteiger partial charge in [0.15, 0.2) is 0 Å². The predicted molar refractivity (Wildman–Crippen MR) is 63.2 cm³/mol. The van der Waals surface area contributed by atoms with Crippen LogP contribution in [0.1, 0.15) is 38.7 Å². The van der Waals surface area contributed by atoms with Crippen LogP contribution >= 0.6 is 0 Å². The van der Waals surface area contributed by atoms with Gasteiger partial charge in [0.1, 0.15) is 0 Å².